The smallest absolute Gasteiger partial charge is 0.274 e. The fourth-order valence-corrected chi connectivity index (χ4v) is 3.94. The molecule has 3 aromatic carbocycles. The number of rotatable bonds is 4. The minimum Gasteiger partial charge on any atom is -0.274 e. The minimum atomic E-state index is -0.348. The second kappa shape index (κ2) is 7.96. The van der Waals surface area contributed by atoms with Gasteiger partial charge in [0.05, 0.1) is 18.0 Å². The molecule has 140 valence electrons. The SMILES string of the molecule is CCONC(=O)c1ccc2c(c1)N=C(c1ccccc1F)c1ccccc1S2. The summed E-state index contributed by atoms with van der Waals surface area (Å²) in [7, 11) is 0. The maximum Gasteiger partial charge on any atom is 0.274 e. The molecule has 0 fully saturated rings. The molecular weight excluding hydrogens is 375 g/mol. The van der Waals surface area contributed by atoms with E-state index in [-0.39, 0.29) is 11.7 Å². The van der Waals surface area contributed by atoms with Gasteiger partial charge in [-0.05, 0) is 43.3 Å². The van der Waals surface area contributed by atoms with Crippen molar-refractivity contribution >= 4 is 29.1 Å². The number of nitrogens with zero attached hydrogens (tertiary/aromatic N) is 1. The molecular formula is C22H17FN2O2S. The number of hydroxylamine groups is 1. The van der Waals surface area contributed by atoms with E-state index < -0.39 is 0 Å². The highest BCUT2D eigenvalue weighted by atomic mass is 32.2. The number of hydrogen-bond donors (Lipinski definition) is 1. The van der Waals surface area contributed by atoms with Gasteiger partial charge in [0, 0.05) is 26.5 Å². The number of carbonyl (C=O) groups is 1. The molecule has 0 spiro atoms. The molecule has 3 aromatic rings. The van der Waals surface area contributed by atoms with E-state index in [2.05, 4.69) is 5.48 Å². The van der Waals surface area contributed by atoms with Crippen molar-refractivity contribution in [1.82, 2.24) is 5.48 Å². The third-order valence-corrected chi connectivity index (χ3v) is 5.39. The van der Waals surface area contributed by atoms with Crippen LogP contribution < -0.4 is 5.48 Å². The Labute approximate surface area is 166 Å². The Kier molecular flexibility index (Phi) is 5.23. The van der Waals surface area contributed by atoms with Crippen molar-refractivity contribution in [3.63, 3.8) is 0 Å². The van der Waals surface area contributed by atoms with Crippen molar-refractivity contribution in [2.75, 3.05) is 6.61 Å². The quantitative estimate of drug-likeness (QED) is 0.489. The van der Waals surface area contributed by atoms with E-state index in [1.54, 1.807) is 49.0 Å². The van der Waals surface area contributed by atoms with Crippen molar-refractivity contribution in [3.8, 4) is 0 Å². The highest BCUT2D eigenvalue weighted by Gasteiger charge is 2.21. The first-order valence-corrected chi connectivity index (χ1v) is 9.66. The topological polar surface area (TPSA) is 50.7 Å². The van der Waals surface area contributed by atoms with Gasteiger partial charge in [0.25, 0.3) is 5.91 Å². The molecule has 0 saturated carbocycles. The predicted molar refractivity (Wildman–Crippen MR) is 108 cm³/mol. The Hall–Kier alpha value is -2.96. The van der Waals surface area contributed by atoms with Crippen LogP contribution in [-0.2, 0) is 4.84 Å². The number of amides is 1. The molecule has 0 aromatic heterocycles. The van der Waals surface area contributed by atoms with E-state index >= 15 is 0 Å². The van der Waals surface area contributed by atoms with Crippen LogP contribution in [0, 0.1) is 5.82 Å². The van der Waals surface area contributed by atoms with Crippen LogP contribution in [0.15, 0.2) is 81.5 Å². The molecule has 4 nitrogen and oxygen atoms in total. The van der Waals surface area contributed by atoms with Crippen LogP contribution >= 0.6 is 11.8 Å². The summed E-state index contributed by atoms with van der Waals surface area (Å²) in [5.74, 6) is -0.686. The van der Waals surface area contributed by atoms with Crippen molar-refractivity contribution < 1.29 is 14.0 Å². The van der Waals surface area contributed by atoms with Crippen LogP contribution in [0.5, 0.6) is 0 Å². The lowest BCUT2D eigenvalue weighted by molar-refractivity contribution is 0.0364. The number of hydrogen-bond acceptors (Lipinski definition) is 4. The van der Waals surface area contributed by atoms with E-state index in [9.17, 15) is 9.18 Å². The Bertz CT molecular complexity index is 1080. The molecule has 1 N–H and O–H groups in total. The molecule has 1 aliphatic heterocycles. The first-order chi connectivity index (χ1) is 13.7. The number of nitrogens with one attached hydrogen (secondary N) is 1. The molecule has 1 aliphatic rings. The summed E-state index contributed by atoms with van der Waals surface area (Å²) in [6.07, 6.45) is 0. The first-order valence-electron chi connectivity index (χ1n) is 8.84. The average molecular weight is 392 g/mol. The van der Waals surface area contributed by atoms with Gasteiger partial charge in [0.15, 0.2) is 0 Å². The third kappa shape index (κ3) is 3.56. The predicted octanol–water partition coefficient (Wildman–Crippen LogP) is 5.14. The lowest BCUT2D eigenvalue weighted by atomic mass is 10.0. The number of benzene rings is 3. The number of fused-ring (bicyclic) bond motifs is 2. The molecule has 0 aliphatic carbocycles. The summed E-state index contributed by atoms with van der Waals surface area (Å²) in [6.45, 7) is 2.16. The standard InChI is InChI=1S/C22H17FN2O2S/c1-2-27-25-22(26)14-11-12-20-18(13-14)24-21(15-7-3-5-9-17(15)23)16-8-4-6-10-19(16)28-20/h3-13H,2H2,1H3,(H,25,26). The summed E-state index contributed by atoms with van der Waals surface area (Å²) in [6, 6.07) is 19.6. The summed E-state index contributed by atoms with van der Waals surface area (Å²) >= 11 is 1.55. The molecule has 1 amide bonds. The van der Waals surface area contributed by atoms with Crippen molar-refractivity contribution in [3.05, 3.63) is 89.2 Å². The number of halogens is 1. The maximum atomic E-state index is 14.6. The van der Waals surface area contributed by atoms with Gasteiger partial charge in [-0.3, -0.25) is 9.63 Å². The zero-order chi connectivity index (χ0) is 19.5. The van der Waals surface area contributed by atoms with Gasteiger partial charge in [-0.1, -0.05) is 42.1 Å². The van der Waals surface area contributed by atoms with Gasteiger partial charge in [-0.15, -0.1) is 0 Å². The summed E-state index contributed by atoms with van der Waals surface area (Å²) < 4.78 is 14.6. The zero-order valence-corrected chi connectivity index (χ0v) is 15.9. The summed E-state index contributed by atoms with van der Waals surface area (Å²) in [5.41, 5.74) is 5.25. The van der Waals surface area contributed by atoms with Gasteiger partial charge in [-0.25, -0.2) is 14.9 Å². The average Bonchev–Trinajstić information content (AvgIpc) is 2.88. The number of carbonyl (C=O) groups excluding carboxylic acids is 1. The van der Waals surface area contributed by atoms with Crippen LogP contribution in [0.3, 0.4) is 0 Å². The summed E-state index contributed by atoms with van der Waals surface area (Å²) in [4.78, 5) is 23.9. The highest BCUT2D eigenvalue weighted by Crippen LogP contribution is 2.41. The largest absolute Gasteiger partial charge is 0.274 e. The molecule has 0 bridgehead atoms. The maximum absolute atomic E-state index is 14.6. The molecule has 1 heterocycles. The molecule has 0 saturated heterocycles. The van der Waals surface area contributed by atoms with Crippen LogP contribution in [-0.4, -0.2) is 18.2 Å². The van der Waals surface area contributed by atoms with Gasteiger partial charge in [0.1, 0.15) is 5.82 Å². The van der Waals surface area contributed by atoms with Crippen molar-refractivity contribution in [2.24, 2.45) is 4.99 Å². The fourth-order valence-electron chi connectivity index (χ4n) is 2.94. The Morgan fingerprint density at radius 2 is 1.79 bits per heavy atom. The molecule has 0 atom stereocenters. The van der Waals surface area contributed by atoms with Crippen molar-refractivity contribution in [1.29, 1.82) is 0 Å². The fraction of sp³-hybridized carbons (Fsp3) is 0.0909. The monoisotopic (exact) mass is 392 g/mol. The van der Waals surface area contributed by atoms with Crippen LogP contribution in [0.4, 0.5) is 10.1 Å². The van der Waals surface area contributed by atoms with Gasteiger partial charge in [0.2, 0.25) is 0 Å². The van der Waals surface area contributed by atoms with Gasteiger partial charge in [-0.2, -0.15) is 0 Å². The Balaban J connectivity index is 1.87. The van der Waals surface area contributed by atoms with Crippen molar-refractivity contribution in [2.45, 2.75) is 16.7 Å². The minimum absolute atomic E-state index is 0.338. The Morgan fingerprint density at radius 3 is 2.57 bits per heavy atom. The van der Waals surface area contributed by atoms with E-state index in [1.807, 2.05) is 30.3 Å². The molecule has 0 unspecified atom stereocenters. The van der Waals surface area contributed by atoms with E-state index in [4.69, 9.17) is 9.83 Å². The third-order valence-electron chi connectivity index (χ3n) is 4.25. The highest BCUT2D eigenvalue weighted by molar-refractivity contribution is 7.99. The van der Waals surface area contributed by atoms with E-state index in [0.29, 0.717) is 29.1 Å². The second-order valence-electron chi connectivity index (χ2n) is 6.09. The first kappa shape index (κ1) is 18.4. The molecule has 28 heavy (non-hydrogen) atoms. The molecule has 4 rings (SSSR count). The van der Waals surface area contributed by atoms with E-state index in [1.165, 1.54) is 6.07 Å². The second-order valence-corrected chi connectivity index (χ2v) is 7.17. The lowest BCUT2D eigenvalue weighted by Gasteiger charge is -2.09. The summed E-state index contributed by atoms with van der Waals surface area (Å²) in [5, 5.41) is 0. The Morgan fingerprint density at radius 1 is 1.04 bits per heavy atom. The zero-order valence-electron chi connectivity index (χ0n) is 15.1. The van der Waals surface area contributed by atoms with Crippen LogP contribution in [0.1, 0.15) is 28.4 Å². The van der Waals surface area contributed by atoms with E-state index in [0.717, 1.165) is 15.4 Å². The number of aliphatic imine (C=N–C) groups is 1. The van der Waals surface area contributed by atoms with Gasteiger partial charge >= 0.3 is 0 Å². The van der Waals surface area contributed by atoms with Gasteiger partial charge < -0.3 is 0 Å². The lowest BCUT2D eigenvalue weighted by Crippen LogP contribution is -2.23. The molecule has 0 radical (unpaired) electrons. The molecule has 6 heteroatoms. The van der Waals surface area contributed by atoms with Crippen LogP contribution in [0.25, 0.3) is 0 Å². The normalized spacial score (nSPS) is 12.4. The van der Waals surface area contributed by atoms with Crippen LogP contribution in [0.2, 0.25) is 0 Å².